The van der Waals surface area contributed by atoms with Crippen LogP contribution in [-0.4, -0.2) is 94.1 Å². The molecular weight excluding hydrogens is 492 g/mol. The summed E-state index contributed by atoms with van der Waals surface area (Å²) in [7, 11) is 3.59. The van der Waals surface area contributed by atoms with Gasteiger partial charge in [-0.15, -0.1) is 0 Å². The Morgan fingerprint density at radius 3 is 1.91 bits per heavy atom. The number of carboxylic acids is 2. The number of likely N-dealkylation sites (tertiary alicyclic amines) is 1. The maximum Gasteiger partial charge on any atom is 0.490 e. The van der Waals surface area contributed by atoms with E-state index in [2.05, 4.69) is 22.0 Å². The van der Waals surface area contributed by atoms with Crippen LogP contribution in [0.1, 0.15) is 24.8 Å². The Hall–Kier alpha value is -2.94. The highest BCUT2D eigenvalue weighted by atomic mass is 19.4. The van der Waals surface area contributed by atoms with E-state index in [1.54, 1.807) is 19.0 Å². The Morgan fingerprint density at radius 2 is 1.49 bits per heavy atom. The first-order chi connectivity index (χ1) is 16.0. The third-order valence-corrected chi connectivity index (χ3v) is 5.00. The molecule has 2 saturated heterocycles. The number of likely N-dealkylation sites (N-methyl/N-ethyl adjacent to an activating group) is 1. The summed E-state index contributed by atoms with van der Waals surface area (Å²) < 4.78 is 69.5. The lowest BCUT2D eigenvalue weighted by atomic mass is 9.98. The zero-order valence-corrected chi connectivity index (χ0v) is 18.7. The van der Waals surface area contributed by atoms with E-state index < -0.39 is 24.3 Å². The van der Waals surface area contributed by atoms with Crippen molar-refractivity contribution in [3.63, 3.8) is 0 Å². The lowest BCUT2D eigenvalue weighted by molar-refractivity contribution is -0.193. The number of carboxylic acid groups (broad SMARTS) is 2. The van der Waals surface area contributed by atoms with Crippen LogP contribution in [0, 0.1) is 0 Å². The summed E-state index contributed by atoms with van der Waals surface area (Å²) in [6, 6.07) is 4.58. The average Bonchev–Trinajstić information content (AvgIpc) is 3.15. The minimum absolute atomic E-state index is 0.0982. The molecule has 1 aromatic heterocycles. The first kappa shape index (κ1) is 30.1. The van der Waals surface area contributed by atoms with Crippen LogP contribution in [0.25, 0.3) is 0 Å². The molecule has 0 radical (unpaired) electrons. The van der Waals surface area contributed by atoms with E-state index in [1.807, 2.05) is 12.4 Å². The van der Waals surface area contributed by atoms with Crippen LogP contribution in [0.15, 0.2) is 24.5 Å². The van der Waals surface area contributed by atoms with Crippen LogP contribution in [0.3, 0.4) is 0 Å². The fourth-order valence-corrected chi connectivity index (χ4v) is 3.40. The van der Waals surface area contributed by atoms with Crippen LogP contribution in [0.4, 0.5) is 26.3 Å². The molecule has 198 valence electrons. The maximum absolute atomic E-state index is 12.0. The fourth-order valence-electron chi connectivity index (χ4n) is 3.40. The van der Waals surface area contributed by atoms with Crippen LogP contribution < -0.4 is 0 Å². The highest BCUT2D eigenvalue weighted by Crippen LogP contribution is 2.32. The third kappa shape index (κ3) is 10.1. The molecule has 9 nitrogen and oxygen atoms in total. The number of amides is 1. The van der Waals surface area contributed by atoms with E-state index in [-0.39, 0.29) is 18.1 Å². The van der Waals surface area contributed by atoms with Crippen molar-refractivity contribution >= 4 is 17.8 Å². The smallest absolute Gasteiger partial charge is 0.475 e. The molecule has 0 spiro atoms. The van der Waals surface area contributed by atoms with Gasteiger partial charge in [0.05, 0.1) is 6.10 Å². The summed E-state index contributed by atoms with van der Waals surface area (Å²) in [6.07, 6.45) is -3.65. The maximum atomic E-state index is 12.0. The van der Waals surface area contributed by atoms with Crippen molar-refractivity contribution in [2.45, 2.75) is 56.4 Å². The van der Waals surface area contributed by atoms with Gasteiger partial charge < -0.3 is 19.8 Å². The topological polar surface area (TPSA) is 120 Å². The molecule has 2 aliphatic rings. The van der Waals surface area contributed by atoms with Gasteiger partial charge in [-0.1, -0.05) is 0 Å². The number of nitrogens with zero attached hydrogens (tertiary/aromatic N) is 3. The van der Waals surface area contributed by atoms with Gasteiger partial charge in [0.15, 0.2) is 0 Å². The van der Waals surface area contributed by atoms with Gasteiger partial charge in [0.1, 0.15) is 6.10 Å². The van der Waals surface area contributed by atoms with Crippen molar-refractivity contribution in [1.82, 2.24) is 14.8 Å². The van der Waals surface area contributed by atoms with Crippen molar-refractivity contribution in [1.29, 1.82) is 0 Å². The molecule has 0 saturated carbocycles. The first-order valence-corrected chi connectivity index (χ1v) is 10.1. The molecule has 35 heavy (non-hydrogen) atoms. The van der Waals surface area contributed by atoms with E-state index in [0.717, 1.165) is 32.4 Å². The van der Waals surface area contributed by atoms with Crippen molar-refractivity contribution in [2.24, 2.45) is 0 Å². The molecule has 1 aromatic rings. The fraction of sp³-hybridized carbons (Fsp3) is 0.600. The number of aliphatic carboxylic acids is 2. The number of hydrogen-bond acceptors (Lipinski definition) is 6. The summed E-state index contributed by atoms with van der Waals surface area (Å²) in [5.74, 6) is -5.42. The lowest BCUT2D eigenvalue weighted by Gasteiger charge is -2.36. The van der Waals surface area contributed by atoms with Gasteiger partial charge in [0, 0.05) is 45.6 Å². The Bertz CT molecular complexity index is 826. The summed E-state index contributed by atoms with van der Waals surface area (Å²) in [4.78, 5) is 38.0. The second-order valence-corrected chi connectivity index (χ2v) is 7.76. The number of fused-ring (bicyclic) bond motifs is 1. The van der Waals surface area contributed by atoms with E-state index in [0.29, 0.717) is 6.04 Å². The lowest BCUT2D eigenvalue weighted by Crippen LogP contribution is -2.47. The molecule has 2 N–H and O–H groups in total. The molecule has 0 aliphatic carbocycles. The quantitative estimate of drug-likeness (QED) is 0.588. The van der Waals surface area contributed by atoms with Crippen molar-refractivity contribution < 1.29 is 55.7 Å². The molecule has 0 bridgehead atoms. The zero-order chi connectivity index (χ0) is 27.0. The van der Waals surface area contributed by atoms with Crippen molar-refractivity contribution in [3.8, 4) is 0 Å². The second kappa shape index (κ2) is 12.7. The van der Waals surface area contributed by atoms with Gasteiger partial charge >= 0.3 is 24.3 Å². The third-order valence-electron chi connectivity index (χ3n) is 5.00. The van der Waals surface area contributed by atoms with Crippen LogP contribution in [-0.2, 0) is 25.7 Å². The van der Waals surface area contributed by atoms with Gasteiger partial charge in [-0.3, -0.25) is 14.7 Å². The van der Waals surface area contributed by atoms with E-state index in [4.69, 9.17) is 24.5 Å². The van der Waals surface area contributed by atoms with Gasteiger partial charge in [-0.2, -0.15) is 26.3 Å². The number of rotatable bonds is 3. The van der Waals surface area contributed by atoms with Gasteiger partial charge in [0.2, 0.25) is 0 Å². The summed E-state index contributed by atoms with van der Waals surface area (Å²) in [6.45, 7) is 1.99. The zero-order valence-electron chi connectivity index (χ0n) is 18.7. The Morgan fingerprint density at radius 1 is 1.00 bits per heavy atom. The minimum Gasteiger partial charge on any atom is -0.475 e. The Labute approximate surface area is 196 Å². The summed E-state index contributed by atoms with van der Waals surface area (Å²) in [5.41, 5.74) is 1.29. The predicted octanol–water partition coefficient (Wildman–Crippen LogP) is 2.56. The number of pyridine rings is 1. The number of carbonyl (C=O) groups excluding carboxylic acids is 1. The molecule has 2 fully saturated rings. The molecule has 2 aliphatic heterocycles. The number of carbonyl (C=O) groups is 3. The summed E-state index contributed by atoms with van der Waals surface area (Å²) in [5, 5.41) is 14.2. The van der Waals surface area contributed by atoms with E-state index >= 15 is 0 Å². The highest BCUT2D eigenvalue weighted by Gasteiger charge is 2.42. The van der Waals surface area contributed by atoms with Crippen LogP contribution in [0.2, 0.25) is 0 Å². The van der Waals surface area contributed by atoms with E-state index in [1.165, 1.54) is 5.56 Å². The molecule has 0 aromatic carbocycles. The van der Waals surface area contributed by atoms with Gasteiger partial charge in [-0.25, -0.2) is 9.59 Å². The molecule has 1 amide bonds. The predicted molar refractivity (Wildman–Crippen MR) is 107 cm³/mol. The average molecular weight is 517 g/mol. The normalized spacial score (nSPS) is 22.0. The number of ether oxygens (including phenoxy) is 1. The van der Waals surface area contributed by atoms with E-state index in [9.17, 15) is 31.1 Å². The minimum atomic E-state index is -5.08. The number of aromatic nitrogens is 1. The molecule has 3 rings (SSSR count). The second-order valence-electron chi connectivity index (χ2n) is 7.76. The van der Waals surface area contributed by atoms with Crippen molar-refractivity contribution in [2.75, 3.05) is 20.6 Å². The molecule has 0 unspecified atom stereocenters. The molecule has 3 atom stereocenters. The SMILES string of the molecule is CN(C)C(=O)[C@@H]1CC[C@@H]2[C@@H](CCN2Cc2ccncc2)O1.O=C(O)C(F)(F)F.O=C(O)C(F)(F)F. The van der Waals surface area contributed by atoms with Crippen LogP contribution >= 0.6 is 0 Å². The van der Waals surface area contributed by atoms with Gasteiger partial charge in [-0.05, 0) is 37.0 Å². The Balaban J connectivity index is 0.000000362. The number of alkyl halides is 6. The number of hydrogen-bond donors (Lipinski definition) is 2. The first-order valence-electron chi connectivity index (χ1n) is 10.1. The largest absolute Gasteiger partial charge is 0.490 e. The molecule has 15 heteroatoms. The molecular formula is C20H25F6N3O6. The number of halogens is 6. The summed E-state index contributed by atoms with van der Waals surface area (Å²) >= 11 is 0. The Kier molecular flexibility index (Phi) is 10.9. The highest BCUT2D eigenvalue weighted by molar-refractivity contribution is 5.80. The van der Waals surface area contributed by atoms with Gasteiger partial charge in [0.25, 0.3) is 5.91 Å². The van der Waals surface area contributed by atoms with Crippen LogP contribution in [0.5, 0.6) is 0 Å². The monoisotopic (exact) mass is 517 g/mol. The standard InChI is InChI=1S/C16H23N3O2.2C2HF3O2/c1-18(2)16(20)15-4-3-13-14(21-15)7-10-19(13)11-12-5-8-17-9-6-12;2*3-2(4,5)1(6)7/h5-6,8-9,13-15H,3-4,7,10-11H2,1-2H3;2*(H,6,7)/t13-,14-,15+;;/m1../s1. The van der Waals surface area contributed by atoms with Crippen molar-refractivity contribution in [3.05, 3.63) is 30.1 Å². The molecule has 3 heterocycles.